The zero-order chi connectivity index (χ0) is 27.8. The first-order valence-electron chi connectivity index (χ1n) is 12.8. The molecule has 0 bridgehead atoms. The summed E-state index contributed by atoms with van der Waals surface area (Å²) in [5.41, 5.74) is 5.10. The Hall–Kier alpha value is -3.27. The largest absolute Gasteiger partial charge is 0.481 e. The van der Waals surface area contributed by atoms with Crippen molar-refractivity contribution < 1.29 is 19.5 Å². The van der Waals surface area contributed by atoms with Crippen LogP contribution in [0.2, 0.25) is 0 Å². The number of unbranched alkanes of at least 4 members (excludes halogenated alkanes) is 1. The molecule has 0 saturated heterocycles. The van der Waals surface area contributed by atoms with Crippen molar-refractivity contribution >= 4 is 28.3 Å². The van der Waals surface area contributed by atoms with Crippen LogP contribution >= 0.6 is 0 Å². The molecule has 0 fully saturated rings. The third-order valence-electron chi connectivity index (χ3n) is 5.44. The van der Waals surface area contributed by atoms with Gasteiger partial charge in [0.1, 0.15) is 0 Å². The lowest BCUT2D eigenvalue weighted by Crippen LogP contribution is -1.97. The summed E-state index contributed by atoms with van der Waals surface area (Å²) in [6.07, 6.45) is 2.08. The fourth-order valence-electron chi connectivity index (χ4n) is 3.46. The molecule has 4 heteroatoms. The fraction of sp³-hybridized carbons (Fsp3) is 0.424. The molecule has 0 saturated carbocycles. The van der Waals surface area contributed by atoms with Gasteiger partial charge in [0.25, 0.3) is 0 Å². The van der Waals surface area contributed by atoms with E-state index in [4.69, 9.17) is 5.11 Å². The van der Waals surface area contributed by atoms with Crippen LogP contribution in [0.15, 0.2) is 54.6 Å². The summed E-state index contributed by atoms with van der Waals surface area (Å²) in [5, 5.41) is 10.4. The maximum absolute atomic E-state index is 11.5. The van der Waals surface area contributed by atoms with E-state index in [0.717, 1.165) is 40.5 Å². The van der Waals surface area contributed by atoms with Gasteiger partial charge in [0.2, 0.25) is 0 Å². The number of ketones is 2. The van der Waals surface area contributed by atoms with Crippen molar-refractivity contribution in [2.75, 3.05) is 0 Å². The van der Waals surface area contributed by atoms with E-state index < -0.39 is 5.97 Å². The number of hydrogen-bond acceptors (Lipinski definition) is 3. The summed E-state index contributed by atoms with van der Waals surface area (Å²) in [6.45, 7) is 17.5. The van der Waals surface area contributed by atoms with Crippen molar-refractivity contribution in [3.05, 3.63) is 82.4 Å². The van der Waals surface area contributed by atoms with Crippen LogP contribution in [-0.4, -0.2) is 22.6 Å². The lowest BCUT2D eigenvalue weighted by atomic mass is 9.93. The molecule has 0 aliphatic heterocycles. The van der Waals surface area contributed by atoms with Crippen LogP contribution in [0.3, 0.4) is 0 Å². The van der Waals surface area contributed by atoms with E-state index in [-0.39, 0.29) is 19.0 Å². The summed E-state index contributed by atoms with van der Waals surface area (Å²) in [7, 11) is 0. The Morgan fingerprint density at radius 2 is 1.46 bits per heavy atom. The summed E-state index contributed by atoms with van der Waals surface area (Å²) >= 11 is 0. The zero-order valence-electron chi connectivity index (χ0n) is 23.6. The highest BCUT2D eigenvalue weighted by Crippen LogP contribution is 2.27. The maximum Gasteiger partial charge on any atom is 0.303 e. The van der Waals surface area contributed by atoms with Crippen LogP contribution in [0.4, 0.5) is 0 Å². The van der Waals surface area contributed by atoms with Crippen LogP contribution in [0.25, 0.3) is 10.8 Å². The highest BCUT2D eigenvalue weighted by Gasteiger charge is 2.09. The SMILES string of the molecule is C.CC.CC(=O)c1cc(C(C)C)c2ccccc2c1.CC(=O)c1cc(C)ccc1C.CCCCC(=O)O. The van der Waals surface area contributed by atoms with Crippen molar-refractivity contribution in [1.82, 2.24) is 0 Å². The Morgan fingerprint density at radius 1 is 0.865 bits per heavy atom. The monoisotopic (exact) mass is 508 g/mol. The molecule has 0 aliphatic rings. The molecule has 0 spiro atoms. The minimum Gasteiger partial charge on any atom is -0.481 e. The lowest BCUT2D eigenvalue weighted by Gasteiger charge is -2.11. The van der Waals surface area contributed by atoms with Crippen LogP contribution in [0.1, 0.15) is 118 Å². The Labute approximate surface area is 225 Å². The van der Waals surface area contributed by atoms with Gasteiger partial charge in [-0.05, 0) is 80.1 Å². The van der Waals surface area contributed by atoms with E-state index in [1.165, 1.54) is 10.9 Å². The quantitative estimate of drug-likeness (QED) is 0.336. The number of carboxylic acids is 1. The van der Waals surface area contributed by atoms with Crippen molar-refractivity contribution in [3.8, 4) is 0 Å². The van der Waals surface area contributed by atoms with Gasteiger partial charge in [-0.1, -0.05) is 90.4 Å². The summed E-state index contributed by atoms with van der Waals surface area (Å²) in [5.74, 6) is 0.0184. The van der Waals surface area contributed by atoms with Gasteiger partial charge in [-0.25, -0.2) is 0 Å². The predicted molar refractivity (Wildman–Crippen MR) is 159 cm³/mol. The zero-order valence-corrected chi connectivity index (χ0v) is 23.6. The van der Waals surface area contributed by atoms with E-state index >= 15 is 0 Å². The van der Waals surface area contributed by atoms with Gasteiger partial charge in [-0.15, -0.1) is 0 Å². The molecular weight excluding hydrogens is 460 g/mol. The Morgan fingerprint density at radius 3 is 1.89 bits per heavy atom. The molecule has 0 heterocycles. The van der Waals surface area contributed by atoms with E-state index in [0.29, 0.717) is 12.3 Å². The predicted octanol–water partition coefficient (Wildman–Crippen LogP) is 9.60. The molecule has 0 atom stereocenters. The normalized spacial score (nSPS) is 9.46. The van der Waals surface area contributed by atoms with Crippen LogP contribution in [0, 0.1) is 13.8 Å². The molecule has 3 aromatic carbocycles. The molecule has 0 aromatic heterocycles. The molecule has 0 amide bonds. The average Bonchev–Trinajstić information content (AvgIpc) is 2.85. The van der Waals surface area contributed by atoms with E-state index in [9.17, 15) is 14.4 Å². The number of carboxylic acid groups (broad SMARTS) is 1. The second-order valence-corrected chi connectivity index (χ2v) is 8.87. The number of hydrogen-bond donors (Lipinski definition) is 1. The number of carbonyl (C=O) groups excluding carboxylic acids is 2. The first-order valence-corrected chi connectivity index (χ1v) is 12.8. The van der Waals surface area contributed by atoms with Gasteiger partial charge in [-0.2, -0.15) is 0 Å². The van der Waals surface area contributed by atoms with E-state index in [1.54, 1.807) is 13.8 Å². The highest BCUT2D eigenvalue weighted by atomic mass is 16.4. The Kier molecular flexibility index (Phi) is 18.4. The van der Waals surface area contributed by atoms with Gasteiger partial charge < -0.3 is 5.11 Å². The molecule has 3 rings (SSSR count). The summed E-state index contributed by atoms with van der Waals surface area (Å²) in [6, 6.07) is 18.2. The van der Waals surface area contributed by atoms with Crippen LogP contribution in [0.5, 0.6) is 0 Å². The molecule has 204 valence electrons. The third kappa shape index (κ3) is 13.0. The van der Waals surface area contributed by atoms with Gasteiger partial charge >= 0.3 is 5.97 Å². The van der Waals surface area contributed by atoms with Crippen molar-refractivity contribution in [2.24, 2.45) is 0 Å². The molecule has 3 aromatic rings. The van der Waals surface area contributed by atoms with Crippen molar-refractivity contribution in [1.29, 1.82) is 0 Å². The van der Waals surface area contributed by atoms with Crippen LogP contribution in [-0.2, 0) is 4.79 Å². The highest BCUT2D eigenvalue weighted by molar-refractivity contribution is 5.99. The van der Waals surface area contributed by atoms with Gasteiger partial charge in [0, 0.05) is 17.5 Å². The number of fused-ring (bicyclic) bond motifs is 1. The second kappa shape index (κ2) is 18.9. The molecule has 0 radical (unpaired) electrons. The number of benzene rings is 3. The van der Waals surface area contributed by atoms with Gasteiger partial charge in [-0.3, -0.25) is 14.4 Å². The third-order valence-corrected chi connectivity index (χ3v) is 5.44. The van der Waals surface area contributed by atoms with Gasteiger partial charge in [0.15, 0.2) is 11.6 Å². The molecule has 37 heavy (non-hydrogen) atoms. The number of carbonyl (C=O) groups is 3. The fourth-order valence-corrected chi connectivity index (χ4v) is 3.46. The first kappa shape index (κ1) is 35.9. The number of Topliss-reactive ketones (excluding diaryl/α,β-unsaturated/α-hetero) is 2. The van der Waals surface area contributed by atoms with E-state index in [1.807, 2.05) is 77.1 Å². The molecule has 0 aliphatic carbocycles. The standard InChI is InChI=1S/C15H16O.C10H12O.C5H10O2.C2H6.CH4/c1-10(2)15-9-13(11(3)16)8-12-6-4-5-7-14(12)15;1-7-4-5-8(2)10(6-7)9(3)11;1-2-3-4-5(6)7;1-2;/h4-10H,1-3H3;4-6H,1-3H3;2-4H2,1H3,(H,6,7);1-2H3;1H4. The number of aliphatic carboxylic acids is 1. The molecule has 1 N–H and O–H groups in total. The second-order valence-electron chi connectivity index (χ2n) is 8.87. The minimum atomic E-state index is -0.693. The minimum absolute atomic E-state index is 0. The Bertz CT molecular complexity index is 1130. The van der Waals surface area contributed by atoms with Gasteiger partial charge in [0.05, 0.1) is 0 Å². The number of rotatable bonds is 6. The lowest BCUT2D eigenvalue weighted by molar-refractivity contribution is -0.137. The first-order chi connectivity index (χ1) is 17.0. The number of aryl methyl sites for hydroxylation is 2. The maximum atomic E-state index is 11.5. The van der Waals surface area contributed by atoms with Crippen molar-refractivity contribution in [3.63, 3.8) is 0 Å². The smallest absolute Gasteiger partial charge is 0.303 e. The van der Waals surface area contributed by atoms with E-state index in [2.05, 4.69) is 26.0 Å². The summed E-state index contributed by atoms with van der Waals surface area (Å²) in [4.78, 5) is 32.2. The molecule has 0 unspecified atom stereocenters. The van der Waals surface area contributed by atoms with Crippen molar-refractivity contribution in [2.45, 2.75) is 94.9 Å². The average molecular weight is 509 g/mol. The summed E-state index contributed by atoms with van der Waals surface area (Å²) < 4.78 is 0. The molecule has 4 nitrogen and oxygen atoms in total. The Balaban J connectivity index is 0. The topological polar surface area (TPSA) is 71.4 Å². The van der Waals surface area contributed by atoms with Crippen LogP contribution < -0.4 is 0 Å². The molecular formula is C33H48O4.